The zero-order chi connectivity index (χ0) is 25.6. The summed E-state index contributed by atoms with van der Waals surface area (Å²) in [5.74, 6) is -0.276. The fourth-order valence-corrected chi connectivity index (χ4v) is 4.74. The second-order valence-electron chi connectivity index (χ2n) is 9.40. The fraction of sp³-hybridized carbons (Fsp3) is 0.560. The Bertz CT molecular complexity index is 990. The van der Waals surface area contributed by atoms with Gasteiger partial charge in [-0.05, 0) is 62.8 Å². The van der Waals surface area contributed by atoms with Gasteiger partial charge in [-0.2, -0.15) is 23.0 Å². The van der Waals surface area contributed by atoms with Gasteiger partial charge in [-0.3, -0.25) is 9.69 Å². The highest BCUT2D eigenvalue weighted by Crippen LogP contribution is 2.30. The third-order valence-electron chi connectivity index (χ3n) is 6.70. The molecule has 0 saturated heterocycles. The minimum absolute atomic E-state index is 0.197. The van der Waals surface area contributed by atoms with Crippen LogP contribution in [0.25, 0.3) is 0 Å². The van der Waals surface area contributed by atoms with Gasteiger partial charge in [0, 0.05) is 31.9 Å². The Morgan fingerprint density at radius 2 is 1.86 bits per heavy atom. The van der Waals surface area contributed by atoms with Crippen molar-refractivity contribution in [3.8, 4) is 0 Å². The molecule has 0 spiro atoms. The third-order valence-corrected chi connectivity index (χ3v) is 6.70. The number of hydrogen-bond donors (Lipinski definition) is 1. The summed E-state index contributed by atoms with van der Waals surface area (Å²) < 4.78 is 39.6. The number of carbonyl (C=O) groups is 2. The van der Waals surface area contributed by atoms with Gasteiger partial charge in [0.1, 0.15) is 0 Å². The van der Waals surface area contributed by atoms with Crippen LogP contribution in [0.15, 0.2) is 36.7 Å². The quantitative estimate of drug-likeness (QED) is 0.538. The van der Waals surface area contributed by atoms with Crippen LogP contribution >= 0.6 is 0 Å². The Morgan fingerprint density at radius 1 is 1.14 bits per heavy atom. The normalized spacial score (nSPS) is 18.9. The van der Waals surface area contributed by atoms with Crippen molar-refractivity contribution in [2.75, 3.05) is 20.1 Å². The minimum atomic E-state index is -4.32. The number of nitrogens with zero attached hydrogens (tertiary/aromatic N) is 4. The van der Waals surface area contributed by atoms with Crippen molar-refractivity contribution in [2.45, 2.75) is 64.2 Å². The van der Waals surface area contributed by atoms with Gasteiger partial charge >= 0.3 is 12.2 Å². The summed E-state index contributed by atoms with van der Waals surface area (Å²) in [6, 6.07) is 5.44. The Hall–Kier alpha value is -2.88. The molecule has 7 nitrogen and oxygen atoms in total. The number of alkyl halides is 3. The maximum absolute atomic E-state index is 13.0. The van der Waals surface area contributed by atoms with E-state index >= 15 is 0 Å². The number of primary amides is 1. The Balaban J connectivity index is 1.56. The number of aromatic nitrogens is 2. The van der Waals surface area contributed by atoms with Gasteiger partial charge in [0.15, 0.2) is 0 Å². The summed E-state index contributed by atoms with van der Waals surface area (Å²) >= 11 is 0. The highest BCUT2D eigenvalue weighted by atomic mass is 19.4. The summed E-state index contributed by atoms with van der Waals surface area (Å²) in [6.07, 6.45) is 4.11. The highest BCUT2D eigenvalue weighted by molar-refractivity contribution is 5.93. The molecule has 1 aliphatic rings. The first kappa shape index (κ1) is 26.7. The van der Waals surface area contributed by atoms with Gasteiger partial charge < -0.3 is 10.6 Å². The smallest absolute Gasteiger partial charge is 0.366 e. The molecule has 1 aromatic heterocycles. The second-order valence-corrected chi connectivity index (χ2v) is 9.40. The predicted molar refractivity (Wildman–Crippen MR) is 127 cm³/mol. The zero-order valence-corrected chi connectivity index (χ0v) is 20.3. The molecule has 1 fully saturated rings. The van der Waals surface area contributed by atoms with Gasteiger partial charge in [-0.1, -0.05) is 25.5 Å². The third kappa shape index (κ3) is 7.30. The van der Waals surface area contributed by atoms with Crippen molar-refractivity contribution < 1.29 is 22.8 Å². The average molecular weight is 494 g/mol. The molecule has 2 atom stereocenters. The summed E-state index contributed by atoms with van der Waals surface area (Å²) in [5, 5.41) is 4.00. The van der Waals surface area contributed by atoms with E-state index in [1.165, 1.54) is 17.1 Å². The molecule has 0 radical (unpaired) electrons. The van der Waals surface area contributed by atoms with Crippen LogP contribution in [0.4, 0.5) is 18.0 Å². The summed E-state index contributed by atoms with van der Waals surface area (Å²) in [7, 11) is 2.02. The molecule has 1 heterocycles. The Labute approximate surface area is 204 Å². The Kier molecular flexibility index (Phi) is 8.93. The number of carbonyl (C=O) groups excluding carboxylic acids is 2. The number of nitrogens with two attached hydrogens (primary N) is 1. The monoisotopic (exact) mass is 493 g/mol. The van der Waals surface area contributed by atoms with E-state index in [2.05, 4.69) is 10.00 Å². The van der Waals surface area contributed by atoms with Gasteiger partial charge in [-0.15, -0.1) is 0 Å². The average Bonchev–Trinajstić information content (AvgIpc) is 3.19. The van der Waals surface area contributed by atoms with E-state index in [0.29, 0.717) is 31.6 Å². The van der Waals surface area contributed by atoms with Crippen molar-refractivity contribution in [3.63, 3.8) is 0 Å². The van der Waals surface area contributed by atoms with Crippen LogP contribution in [0.1, 0.15) is 66.9 Å². The van der Waals surface area contributed by atoms with Crippen molar-refractivity contribution in [3.05, 3.63) is 53.3 Å². The van der Waals surface area contributed by atoms with Gasteiger partial charge in [0.2, 0.25) is 0 Å². The molecular formula is C25H34F3N5O2. The highest BCUT2D eigenvalue weighted by Gasteiger charge is 2.30. The van der Waals surface area contributed by atoms with Crippen LogP contribution in [0.5, 0.6) is 0 Å². The first-order chi connectivity index (χ1) is 16.6. The van der Waals surface area contributed by atoms with Crippen molar-refractivity contribution in [2.24, 2.45) is 11.7 Å². The summed E-state index contributed by atoms with van der Waals surface area (Å²) in [5.41, 5.74) is 5.70. The molecule has 3 rings (SSSR count). The Morgan fingerprint density at radius 3 is 2.46 bits per heavy atom. The molecule has 2 N–H and O–H groups in total. The molecule has 1 aromatic carbocycles. The number of amides is 2. The maximum Gasteiger partial charge on any atom is 0.416 e. The lowest BCUT2D eigenvalue weighted by Gasteiger charge is -2.28. The van der Waals surface area contributed by atoms with Crippen LogP contribution in [0.2, 0.25) is 0 Å². The van der Waals surface area contributed by atoms with Crippen LogP contribution in [-0.2, 0) is 12.7 Å². The van der Waals surface area contributed by atoms with Crippen LogP contribution in [-0.4, -0.2) is 57.7 Å². The van der Waals surface area contributed by atoms with E-state index in [0.717, 1.165) is 56.2 Å². The number of halogens is 3. The molecular weight excluding hydrogens is 459 g/mol. The van der Waals surface area contributed by atoms with Crippen molar-refractivity contribution in [1.82, 2.24) is 19.6 Å². The van der Waals surface area contributed by atoms with Gasteiger partial charge in [-0.25, -0.2) is 4.79 Å². The summed E-state index contributed by atoms with van der Waals surface area (Å²) in [6.45, 7) is 3.82. The van der Waals surface area contributed by atoms with E-state index in [1.807, 2.05) is 14.0 Å². The lowest BCUT2D eigenvalue weighted by molar-refractivity contribution is -0.137. The molecule has 1 saturated carbocycles. The molecule has 1 aliphatic carbocycles. The van der Waals surface area contributed by atoms with Crippen molar-refractivity contribution in [1.29, 1.82) is 0 Å². The van der Waals surface area contributed by atoms with E-state index in [-0.39, 0.29) is 11.6 Å². The first-order valence-electron chi connectivity index (χ1n) is 12.1. The largest absolute Gasteiger partial charge is 0.416 e. The van der Waals surface area contributed by atoms with E-state index in [9.17, 15) is 22.8 Å². The van der Waals surface area contributed by atoms with Crippen LogP contribution in [0, 0.1) is 5.92 Å². The number of benzene rings is 1. The molecule has 192 valence electrons. The zero-order valence-electron chi connectivity index (χ0n) is 20.3. The SMILES string of the molecule is CCCN(C[C@@H]1CCC[C@@H](N(C)Cc2ccc(C(F)(F)F)cc2)CC1)C(=O)n1cc(C(N)=O)cn1. The predicted octanol–water partition coefficient (Wildman–Crippen LogP) is 4.76. The van der Waals surface area contributed by atoms with Gasteiger partial charge in [0.25, 0.3) is 5.91 Å². The molecule has 0 bridgehead atoms. The van der Waals surface area contributed by atoms with Gasteiger partial charge in [0.05, 0.1) is 17.3 Å². The van der Waals surface area contributed by atoms with E-state index < -0.39 is 17.6 Å². The first-order valence-corrected chi connectivity index (χ1v) is 12.1. The number of hydrogen-bond acceptors (Lipinski definition) is 4. The van der Waals surface area contributed by atoms with E-state index in [1.54, 1.807) is 17.0 Å². The summed E-state index contributed by atoms with van der Waals surface area (Å²) in [4.78, 5) is 28.3. The van der Waals surface area contributed by atoms with Crippen molar-refractivity contribution >= 4 is 11.9 Å². The molecule has 0 aliphatic heterocycles. The van der Waals surface area contributed by atoms with Crippen LogP contribution < -0.4 is 5.73 Å². The molecule has 10 heteroatoms. The number of rotatable bonds is 8. The minimum Gasteiger partial charge on any atom is -0.366 e. The molecule has 2 amide bonds. The second kappa shape index (κ2) is 11.7. The standard InChI is InChI=1S/C25H34F3N5O2/c1-3-13-32(24(35)33-17-20(14-30-33)23(29)34)16-18-5-4-6-22(12-9-18)31(2)15-19-7-10-21(11-8-19)25(26,27)28/h7-8,10-11,14,17-18,22H,3-6,9,12-13,15-16H2,1-2H3,(H2,29,34)/t18-,22-/m1/s1. The topological polar surface area (TPSA) is 84.5 Å². The molecule has 2 aromatic rings. The lowest BCUT2D eigenvalue weighted by atomic mass is 9.99. The van der Waals surface area contributed by atoms with E-state index in [4.69, 9.17) is 5.73 Å². The maximum atomic E-state index is 13.0. The lowest BCUT2D eigenvalue weighted by Crippen LogP contribution is -2.39. The molecule has 0 unspecified atom stereocenters. The molecule has 35 heavy (non-hydrogen) atoms. The fourth-order valence-electron chi connectivity index (χ4n) is 4.74. The van der Waals surface area contributed by atoms with Crippen LogP contribution in [0.3, 0.4) is 0 Å².